The number of benzene rings is 2. The van der Waals surface area contributed by atoms with E-state index in [-0.39, 0.29) is 11.4 Å². The maximum absolute atomic E-state index is 13.1. The molecule has 0 saturated heterocycles. The lowest BCUT2D eigenvalue weighted by atomic mass is 10.1. The number of hydrogen-bond donors (Lipinski definition) is 2. The number of aryl methyl sites for hydroxylation is 1. The molecule has 1 heterocycles. The summed E-state index contributed by atoms with van der Waals surface area (Å²) in [7, 11) is 0. The molecule has 0 unspecified atom stereocenters. The lowest BCUT2D eigenvalue weighted by molar-refractivity contribution is -0.141. The van der Waals surface area contributed by atoms with E-state index in [9.17, 15) is 18.0 Å². The second-order valence-electron chi connectivity index (χ2n) is 6.14. The molecule has 0 bridgehead atoms. The molecule has 2 N–H and O–H groups in total. The fourth-order valence-corrected chi connectivity index (χ4v) is 2.88. The van der Waals surface area contributed by atoms with Gasteiger partial charge in [0.2, 0.25) is 0 Å². The quantitative estimate of drug-likeness (QED) is 0.474. The number of amides is 1. The summed E-state index contributed by atoms with van der Waals surface area (Å²) in [5.41, 5.74) is 0.347. The topological polar surface area (TPSA) is 54.0 Å². The SMILES string of the molecule is Cc1ccc(Cl)cc1Nc1nc(C(F)(F)F)ccc1C(=O)Nc1cccc(Cl)c1. The van der Waals surface area contributed by atoms with Crippen molar-refractivity contribution in [2.75, 3.05) is 10.6 Å². The van der Waals surface area contributed by atoms with E-state index in [0.717, 1.165) is 17.7 Å². The molecule has 3 aromatic rings. The van der Waals surface area contributed by atoms with Crippen LogP contribution in [0.5, 0.6) is 0 Å². The van der Waals surface area contributed by atoms with E-state index < -0.39 is 17.8 Å². The summed E-state index contributed by atoms with van der Waals surface area (Å²) < 4.78 is 39.4. The highest BCUT2D eigenvalue weighted by atomic mass is 35.5. The van der Waals surface area contributed by atoms with Crippen LogP contribution < -0.4 is 10.6 Å². The molecule has 0 atom stereocenters. The lowest BCUT2D eigenvalue weighted by Crippen LogP contribution is -2.17. The number of nitrogens with zero attached hydrogens (tertiary/aromatic N) is 1. The van der Waals surface area contributed by atoms with Crippen molar-refractivity contribution in [3.8, 4) is 0 Å². The zero-order valence-electron chi connectivity index (χ0n) is 14.9. The summed E-state index contributed by atoms with van der Waals surface area (Å²) in [6.07, 6.45) is -4.66. The van der Waals surface area contributed by atoms with Crippen molar-refractivity contribution in [3.05, 3.63) is 81.5 Å². The number of rotatable bonds is 4. The van der Waals surface area contributed by atoms with Gasteiger partial charge in [-0.15, -0.1) is 0 Å². The highest BCUT2D eigenvalue weighted by Crippen LogP contribution is 2.32. The van der Waals surface area contributed by atoms with Crippen LogP contribution in [0.25, 0.3) is 0 Å². The minimum absolute atomic E-state index is 0.0719. The predicted octanol–water partition coefficient (Wildman–Crippen LogP) is 6.71. The average Bonchev–Trinajstić information content (AvgIpc) is 2.64. The van der Waals surface area contributed by atoms with Crippen molar-refractivity contribution in [3.63, 3.8) is 0 Å². The fourth-order valence-electron chi connectivity index (χ4n) is 2.52. The smallest absolute Gasteiger partial charge is 0.339 e. The van der Waals surface area contributed by atoms with Gasteiger partial charge in [-0.3, -0.25) is 4.79 Å². The Balaban J connectivity index is 2.01. The molecule has 150 valence electrons. The predicted molar refractivity (Wildman–Crippen MR) is 108 cm³/mol. The minimum Gasteiger partial charge on any atom is -0.339 e. The van der Waals surface area contributed by atoms with Gasteiger partial charge in [0.25, 0.3) is 5.91 Å². The summed E-state index contributed by atoms with van der Waals surface area (Å²) in [5, 5.41) is 6.18. The third kappa shape index (κ3) is 5.19. The van der Waals surface area contributed by atoms with Crippen LogP contribution in [0, 0.1) is 6.92 Å². The molecule has 0 aliphatic rings. The molecule has 0 fully saturated rings. The molecule has 1 aromatic heterocycles. The van der Waals surface area contributed by atoms with E-state index in [0.29, 0.717) is 21.4 Å². The van der Waals surface area contributed by atoms with Gasteiger partial charge >= 0.3 is 6.18 Å². The first-order valence-electron chi connectivity index (χ1n) is 8.32. The second kappa shape index (κ2) is 8.31. The maximum Gasteiger partial charge on any atom is 0.433 e. The Morgan fingerprint density at radius 2 is 1.72 bits per heavy atom. The van der Waals surface area contributed by atoms with Gasteiger partial charge in [0, 0.05) is 21.4 Å². The largest absolute Gasteiger partial charge is 0.433 e. The fraction of sp³-hybridized carbons (Fsp3) is 0.100. The first kappa shape index (κ1) is 21.0. The van der Waals surface area contributed by atoms with Crippen LogP contribution in [0.15, 0.2) is 54.6 Å². The standard InChI is InChI=1S/C20H14Cl2F3N3O/c1-11-5-6-13(22)10-16(11)27-18-15(7-8-17(28-18)20(23,24)25)19(29)26-14-4-2-3-12(21)9-14/h2-10H,1H3,(H,26,29)(H,27,28). The Labute approximate surface area is 174 Å². The zero-order chi connectivity index (χ0) is 21.2. The number of hydrogen-bond acceptors (Lipinski definition) is 3. The minimum atomic E-state index is -4.66. The van der Waals surface area contributed by atoms with Gasteiger partial charge in [-0.05, 0) is 55.0 Å². The number of alkyl halides is 3. The Bertz CT molecular complexity index is 1070. The van der Waals surface area contributed by atoms with Crippen LogP contribution in [0.4, 0.5) is 30.4 Å². The van der Waals surface area contributed by atoms with Crippen LogP contribution in [-0.4, -0.2) is 10.9 Å². The number of halogens is 5. The highest BCUT2D eigenvalue weighted by Gasteiger charge is 2.33. The number of nitrogens with one attached hydrogen (secondary N) is 2. The summed E-state index contributed by atoms with van der Waals surface area (Å²) in [5.74, 6) is -0.889. The van der Waals surface area contributed by atoms with Crippen molar-refractivity contribution in [2.45, 2.75) is 13.1 Å². The molecule has 0 saturated carbocycles. The number of aromatic nitrogens is 1. The third-order valence-electron chi connectivity index (χ3n) is 3.97. The van der Waals surface area contributed by atoms with Crippen LogP contribution in [0.1, 0.15) is 21.6 Å². The van der Waals surface area contributed by atoms with Gasteiger partial charge in [-0.1, -0.05) is 35.3 Å². The Morgan fingerprint density at radius 3 is 2.41 bits per heavy atom. The van der Waals surface area contributed by atoms with E-state index in [1.54, 1.807) is 37.3 Å². The normalized spacial score (nSPS) is 11.2. The van der Waals surface area contributed by atoms with Gasteiger partial charge in [0.1, 0.15) is 11.5 Å². The Hall–Kier alpha value is -2.77. The molecular formula is C20H14Cl2F3N3O. The number of carbonyl (C=O) groups excluding carboxylic acids is 1. The number of pyridine rings is 1. The summed E-state index contributed by atoms with van der Waals surface area (Å²) in [6, 6.07) is 13.1. The van der Waals surface area contributed by atoms with Gasteiger partial charge in [-0.25, -0.2) is 4.98 Å². The Kier molecular flexibility index (Phi) is 6.00. The average molecular weight is 440 g/mol. The molecule has 29 heavy (non-hydrogen) atoms. The van der Waals surface area contributed by atoms with E-state index in [1.165, 1.54) is 12.1 Å². The molecule has 9 heteroatoms. The van der Waals surface area contributed by atoms with E-state index in [1.807, 2.05) is 0 Å². The third-order valence-corrected chi connectivity index (χ3v) is 4.44. The maximum atomic E-state index is 13.1. The van der Waals surface area contributed by atoms with Gasteiger partial charge in [-0.2, -0.15) is 13.2 Å². The van der Waals surface area contributed by atoms with E-state index in [4.69, 9.17) is 23.2 Å². The molecule has 2 aromatic carbocycles. The molecule has 3 rings (SSSR count). The molecule has 0 aliphatic carbocycles. The van der Waals surface area contributed by atoms with Crippen molar-refractivity contribution >= 4 is 46.3 Å². The van der Waals surface area contributed by atoms with Crippen LogP contribution in [0.3, 0.4) is 0 Å². The molecular weight excluding hydrogens is 426 g/mol. The highest BCUT2D eigenvalue weighted by molar-refractivity contribution is 6.31. The van der Waals surface area contributed by atoms with Crippen LogP contribution >= 0.6 is 23.2 Å². The zero-order valence-corrected chi connectivity index (χ0v) is 16.5. The molecule has 0 spiro atoms. The van der Waals surface area contributed by atoms with Crippen molar-refractivity contribution in [1.29, 1.82) is 0 Å². The summed E-state index contributed by atoms with van der Waals surface area (Å²) in [4.78, 5) is 16.3. The first-order chi connectivity index (χ1) is 13.6. The second-order valence-corrected chi connectivity index (χ2v) is 7.01. The first-order valence-corrected chi connectivity index (χ1v) is 9.07. The van der Waals surface area contributed by atoms with Gasteiger partial charge in [0.15, 0.2) is 0 Å². The van der Waals surface area contributed by atoms with Crippen molar-refractivity contribution < 1.29 is 18.0 Å². The molecule has 4 nitrogen and oxygen atoms in total. The molecule has 1 amide bonds. The lowest BCUT2D eigenvalue weighted by Gasteiger charge is -2.16. The van der Waals surface area contributed by atoms with Crippen LogP contribution in [0.2, 0.25) is 10.0 Å². The van der Waals surface area contributed by atoms with Crippen molar-refractivity contribution in [2.24, 2.45) is 0 Å². The van der Waals surface area contributed by atoms with E-state index in [2.05, 4.69) is 15.6 Å². The van der Waals surface area contributed by atoms with Gasteiger partial charge < -0.3 is 10.6 Å². The molecule has 0 aliphatic heterocycles. The number of anilines is 3. The van der Waals surface area contributed by atoms with Gasteiger partial charge in [0.05, 0.1) is 5.56 Å². The molecule has 0 radical (unpaired) electrons. The summed E-state index contributed by atoms with van der Waals surface area (Å²) in [6.45, 7) is 1.75. The van der Waals surface area contributed by atoms with Crippen molar-refractivity contribution in [1.82, 2.24) is 4.98 Å². The monoisotopic (exact) mass is 439 g/mol. The van der Waals surface area contributed by atoms with E-state index >= 15 is 0 Å². The summed E-state index contributed by atoms with van der Waals surface area (Å²) >= 11 is 11.9. The number of carbonyl (C=O) groups is 1. The van der Waals surface area contributed by atoms with Crippen LogP contribution in [-0.2, 0) is 6.18 Å². The Morgan fingerprint density at radius 1 is 1.00 bits per heavy atom.